The summed E-state index contributed by atoms with van der Waals surface area (Å²) in [5, 5.41) is 11.9. The summed E-state index contributed by atoms with van der Waals surface area (Å²) in [4.78, 5) is 25.4. The van der Waals surface area contributed by atoms with Gasteiger partial charge in [-0.1, -0.05) is 49.4 Å². The minimum Gasteiger partial charge on any atom is -0.478 e. The first-order valence-corrected chi connectivity index (χ1v) is 8.46. The third-order valence-electron chi connectivity index (χ3n) is 4.60. The Hall–Kier alpha value is -2.82. The molecule has 0 saturated carbocycles. The van der Waals surface area contributed by atoms with Crippen molar-refractivity contribution in [2.75, 3.05) is 6.54 Å². The average molecular weight is 338 g/mol. The number of hydrogen-bond acceptors (Lipinski definition) is 2. The van der Waals surface area contributed by atoms with Crippen molar-refractivity contribution in [3.05, 3.63) is 71.3 Å². The van der Waals surface area contributed by atoms with Crippen molar-refractivity contribution in [2.24, 2.45) is 5.92 Å². The highest BCUT2D eigenvalue weighted by Gasteiger charge is 2.33. The molecular formula is C20H22N2O3. The lowest BCUT2D eigenvalue weighted by molar-refractivity contribution is 0.0697. The van der Waals surface area contributed by atoms with Crippen LogP contribution >= 0.6 is 0 Å². The number of urea groups is 1. The molecule has 1 fully saturated rings. The second kappa shape index (κ2) is 7.38. The van der Waals surface area contributed by atoms with Gasteiger partial charge in [0.15, 0.2) is 0 Å². The molecule has 2 aromatic carbocycles. The van der Waals surface area contributed by atoms with E-state index in [1.54, 1.807) is 24.3 Å². The number of hydrogen-bond donors (Lipinski definition) is 2. The predicted octanol–water partition coefficient (Wildman–Crippen LogP) is 3.68. The number of carboxylic acids is 1. The number of aromatic carboxylic acids is 1. The van der Waals surface area contributed by atoms with E-state index in [2.05, 4.69) is 24.4 Å². The van der Waals surface area contributed by atoms with Gasteiger partial charge in [0, 0.05) is 13.1 Å². The van der Waals surface area contributed by atoms with Crippen LogP contribution in [0.3, 0.4) is 0 Å². The van der Waals surface area contributed by atoms with E-state index in [1.165, 1.54) is 0 Å². The van der Waals surface area contributed by atoms with Gasteiger partial charge in [-0.15, -0.1) is 0 Å². The van der Waals surface area contributed by atoms with Crippen LogP contribution in [0.2, 0.25) is 0 Å². The van der Waals surface area contributed by atoms with E-state index < -0.39 is 5.97 Å². The summed E-state index contributed by atoms with van der Waals surface area (Å²) in [7, 11) is 0. The van der Waals surface area contributed by atoms with Gasteiger partial charge in [-0.25, -0.2) is 9.59 Å². The zero-order valence-corrected chi connectivity index (χ0v) is 14.2. The Morgan fingerprint density at radius 2 is 1.80 bits per heavy atom. The molecule has 2 atom stereocenters. The minimum absolute atomic E-state index is 0.0829. The highest BCUT2D eigenvalue weighted by Crippen LogP contribution is 2.35. The molecule has 2 N–H and O–H groups in total. The third kappa shape index (κ3) is 3.99. The maximum absolute atomic E-state index is 12.6. The van der Waals surface area contributed by atoms with Crippen molar-refractivity contribution < 1.29 is 14.7 Å². The summed E-state index contributed by atoms with van der Waals surface area (Å²) in [6.07, 6.45) is 0.963. The van der Waals surface area contributed by atoms with E-state index in [1.807, 2.05) is 23.1 Å². The number of rotatable bonds is 4. The fourth-order valence-electron chi connectivity index (χ4n) is 3.31. The molecule has 3 rings (SSSR count). The molecule has 1 aliphatic rings. The summed E-state index contributed by atoms with van der Waals surface area (Å²) in [6.45, 7) is 3.28. The number of benzene rings is 2. The highest BCUT2D eigenvalue weighted by molar-refractivity contribution is 5.87. The first kappa shape index (κ1) is 17.0. The van der Waals surface area contributed by atoms with Crippen LogP contribution in [0, 0.1) is 5.92 Å². The lowest BCUT2D eigenvalue weighted by Gasteiger charge is -2.25. The third-order valence-corrected chi connectivity index (χ3v) is 4.60. The van der Waals surface area contributed by atoms with Gasteiger partial charge >= 0.3 is 12.0 Å². The van der Waals surface area contributed by atoms with Crippen LogP contribution in [-0.4, -0.2) is 28.6 Å². The van der Waals surface area contributed by atoms with Crippen molar-refractivity contribution in [3.63, 3.8) is 0 Å². The van der Waals surface area contributed by atoms with Crippen molar-refractivity contribution in [1.82, 2.24) is 10.2 Å². The Labute approximate surface area is 147 Å². The molecule has 5 nitrogen and oxygen atoms in total. The fourth-order valence-corrected chi connectivity index (χ4v) is 3.31. The summed E-state index contributed by atoms with van der Waals surface area (Å²) in [5.74, 6) is -0.488. The predicted molar refractivity (Wildman–Crippen MR) is 95.3 cm³/mol. The molecule has 0 spiro atoms. The van der Waals surface area contributed by atoms with E-state index in [0.717, 1.165) is 24.1 Å². The SMILES string of the molecule is CC1CC(c2ccccc2)N(C(=O)NCc2ccc(C(=O)O)cc2)C1. The van der Waals surface area contributed by atoms with Crippen molar-refractivity contribution >= 4 is 12.0 Å². The Balaban J connectivity index is 1.64. The number of amides is 2. The molecule has 0 aromatic heterocycles. The molecule has 5 heteroatoms. The maximum Gasteiger partial charge on any atom is 0.335 e. The molecule has 0 aliphatic carbocycles. The van der Waals surface area contributed by atoms with E-state index in [9.17, 15) is 9.59 Å². The molecule has 130 valence electrons. The normalized spacial score (nSPS) is 19.6. The van der Waals surface area contributed by atoms with Gasteiger partial charge in [-0.3, -0.25) is 0 Å². The van der Waals surface area contributed by atoms with Gasteiger partial charge in [-0.05, 0) is 35.6 Å². The molecular weight excluding hydrogens is 316 g/mol. The molecule has 25 heavy (non-hydrogen) atoms. The van der Waals surface area contributed by atoms with E-state index in [0.29, 0.717) is 12.5 Å². The van der Waals surface area contributed by atoms with Crippen LogP contribution in [0.25, 0.3) is 0 Å². The summed E-state index contributed by atoms with van der Waals surface area (Å²) in [5.41, 5.74) is 2.28. The largest absolute Gasteiger partial charge is 0.478 e. The van der Waals surface area contributed by atoms with Gasteiger partial charge in [-0.2, -0.15) is 0 Å². The zero-order valence-electron chi connectivity index (χ0n) is 14.2. The zero-order chi connectivity index (χ0) is 17.8. The number of nitrogens with one attached hydrogen (secondary N) is 1. The number of carbonyl (C=O) groups is 2. The molecule has 2 amide bonds. The number of carboxylic acid groups (broad SMARTS) is 1. The number of nitrogens with zero attached hydrogens (tertiary/aromatic N) is 1. The van der Waals surface area contributed by atoms with Crippen molar-refractivity contribution in [1.29, 1.82) is 0 Å². The summed E-state index contributed by atoms with van der Waals surface area (Å²) < 4.78 is 0. The molecule has 0 bridgehead atoms. The van der Waals surface area contributed by atoms with Crippen LogP contribution < -0.4 is 5.32 Å². The standard InChI is InChI=1S/C20H22N2O3/c1-14-11-18(16-5-3-2-4-6-16)22(13-14)20(25)21-12-15-7-9-17(10-8-15)19(23)24/h2-10,14,18H,11-13H2,1H3,(H,21,25)(H,23,24). The highest BCUT2D eigenvalue weighted by atomic mass is 16.4. The van der Waals surface area contributed by atoms with Gasteiger partial charge < -0.3 is 15.3 Å². The lowest BCUT2D eigenvalue weighted by atomic mass is 10.0. The Morgan fingerprint density at radius 1 is 1.12 bits per heavy atom. The molecule has 1 saturated heterocycles. The summed E-state index contributed by atoms with van der Waals surface area (Å²) in [6, 6.07) is 16.7. The quantitative estimate of drug-likeness (QED) is 0.893. The Morgan fingerprint density at radius 3 is 2.44 bits per heavy atom. The minimum atomic E-state index is -0.952. The Bertz CT molecular complexity index is 743. The smallest absolute Gasteiger partial charge is 0.335 e. The monoisotopic (exact) mass is 338 g/mol. The fraction of sp³-hybridized carbons (Fsp3) is 0.300. The molecule has 0 radical (unpaired) electrons. The number of likely N-dealkylation sites (tertiary alicyclic amines) is 1. The second-order valence-corrected chi connectivity index (χ2v) is 6.58. The van der Waals surface area contributed by atoms with E-state index >= 15 is 0 Å². The lowest BCUT2D eigenvalue weighted by Crippen LogP contribution is -2.39. The van der Waals surface area contributed by atoms with Crippen molar-refractivity contribution in [3.8, 4) is 0 Å². The van der Waals surface area contributed by atoms with Crippen LogP contribution in [-0.2, 0) is 6.54 Å². The average Bonchev–Trinajstić information content (AvgIpc) is 3.02. The van der Waals surface area contributed by atoms with Crippen molar-refractivity contribution in [2.45, 2.75) is 25.9 Å². The first-order chi connectivity index (χ1) is 12.0. The maximum atomic E-state index is 12.6. The van der Waals surface area contributed by atoms with E-state index in [4.69, 9.17) is 5.11 Å². The number of carbonyl (C=O) groups excluding carboxylic acids is 1. The van der Waals surface area contributed by atoms with Gasteiger partial charge in [0.25, 0.3) is 0 Å². The van der Waals surface area contributed by atoms with Crippen LogP contribution in [0.5, 0.6) is 0 Å². The molecule has 1 aliphatic heterocycles. The Kier molecular flexibility index (Phi) is 5.03. The second-order valence-electron chi connectivity index (χ2n) is 6.58. The van der Waals surface area contributed by atoms with Crippen LogP contribution in [0.1, 0.15) is 40.9 Å². The van der Waals surface area contributed by atoms with Gasteiger partial charge in [0.2, 0.25) is 0 Å². The first-order valence-electron chi connectivity index (χ1n) is 8.46. The van der Waals surface area contributed by atoms with Gasteiger partial charge in [0.05, 0.1) is 11.6 Å². The molecule has 2 unspecified atom stereocenters. The van der Waals surface area contributed by atoms with Gasteiger partial charge in [0.1, 0.15) is 0 Å². The topological polar surface area (TPSA) is 69.6 Å². The molecule has 1 heterocycles. The van der Waals surface area contributed by atoms with Crippen LogP contribution in [0.15, 0.2) is 54.6 Å². The molecule has 2 aromatic rings. The van der Waals surface area contributed by atoms with E-state index in [-0.39, 0.29) is 17.6 Å². The van der Waals surface area contributed by atoms with Crippen LogP contribution in [0.4, 0.5) is 4.79 Å². The summed E-state index contributed by atoms with van der Waals surface area (Å²) >= 11 is 0.